The van der Waals surface area contributed by atoms with E-state index in [1.165, 1.54) is 5.57 Å². The molecule has 3 nitrogen and oxygen atoms in total. The fourth-order valence-corrected chi connectivity index (χ4v) is 1.67. The van der Waals surface area contributed by atoms with Gasteiger partial charge in [-0.05, 0) is 49.3 Å². The summed E-state index contributed by atoms with van der Waals surface area (Å²) in [6.07, 6.45) is 3.55. The van der Waals surface area contributed by atoms with E-state index in [9.17, 15) is 4.79 Å². The molecule has 0 radical (unpaired) electrons. The van der Waals surface area contributed by atoms with Crippen molar-refractivity contribution in [2.45, 2.75) is 33.6 Å². The maximum absolute atomic E-state index is 11.0. The van der Waals surface area contributed by atoms with Crippen molar-refractivity contribution >= 4 is 40.5 Å². The van der Waals surface area contributed by atoms with Crippen LogP contribution < -0.4 is 0 Å². The van der Waals surface area contributed by atoms with Crippen LogP contribution >= 0.6 is 24.4 Å². The van der Waals surface area contributed by atoms with Crippen LogP contribution in [0.15, 0.2) is 11.6 Å². The molecule has 2 N–H and O–H groups in total. The molecule has 1 rings (SSSR count). The first-order valence-corrected chi connectivity index (χ1v) is 5.42. The van der Waals surface area contributed by atoms with Gasteiger partial charge in [0.05, 0.1) is 10.3 Å². The van der Waals surface area contributed by atoms with Gasteiger partial charge in [0.1, 0.15) is 0 Å². The van der Waals surface area contributed by atoms with Crippen LogP contribution in [0, 0.1) is 16.2 Å². The molecule has 5 heteroatoms. The summed E-state index contributed by atoms with van der Waals surface area (Å²) in [5, 5.41) is 14.7. The Morgan fingerprint density at radius 2 is 1.62 bits per heavy atom. The van der Waals surface area contributed by atoms with E-state index in [0.717, 1.165) is 6.42 Å². The van der Waals surface area contributed by atoms with Gasteiger partial charge in [0, 0.05) is 6.42 Å². The Labute approximate surface area is 107 Å². The summed E-state index contributed by atoms with van der Waals surface area (Å²) in [6, 6.07) is 0. The maximum atomic E-state index is 11.0. The Kier molecular flexibility index (Phi) is 10.1. The molecular weight excluding hydrogens is 240 g/mol. The zero-order chi connectivity index (χ0) is 13.2. The first kappa shape index (κ1) is 17.4. The lowest BCUT2D eigenvalue weighted by molar-refractivity contribution is -0.117. The van der Waals surface area contributed by atoms with Gasteiger partial charge in [0.15, 0.2) is 5.78 Å². The fourth-order valence-electron chi connectivity index (χ4n) is 1.67. The van der Waals surface area contributed by atoms with Gasteiger partial charge in [0.2, 0.25) is 0 Å². The molecule has 88 valence electrons. The van der Waals surface area contributed by atoms with Gasteiger partial charge in [-0.1, -0.05) is 19.4 Å². The number of allylic oxidation sites excluding steroid dienone is 2. The average Bonchev–Trinajstić information content (AvgIpc) is 2.00. The van der Waals surface area contributed by atoms with Crippen LogP contribution in [0.3, 0.4) is 0 Å². The van der Waals surface area contributed by atoms with E-state index in [-0.39, 0.29) is 11.2 Å². The molecule has 0 aliphatic heterocycles. The summed E-state index contributed by atoms with van der Waals surface area (Å²) in [5.41, 5.74) is 1.43. The van der Waals surface area contributed by atoms with Gasteiger partial charge < -0.3 is 0 Å². The van der Waals surface area contributed by atoms with E-state index in [2.05, 4.69) is 38.3 Å². The minimum Gasteiger partial charge on any atom is -0.295 e. The Bertz CT molecular complexity index is 322. The van der Waals surface area contributed by atoms with Gasteiger partial charge in [-0.25, -0.2) is 10.8 Å². The van der Waals surface area contributed by atoms with E-state index >= 15 is 0 Å². The molecule has 0 aromatic carbocycles. The maximum Gasteiger partial charge on any atom is 0.156 e. The van der Waals surface area contributed by atoms with Crippen molar-refractivity contribution in [3.63, 3.8) is 0 Å². The first-order chi connectivity index (χ1) is 7.32. The van der Waals surface area contributed by atoms with Gasteiger partial charge in [-0.15, -0.1) is 0 Å². The minimum absolute atomic E-state index is 0.204. The van der Waals surface area contributed by atoms with Crippen LogP contribution in [0.4, 0.5) is 0 Å². The standard InChI is InChI=1S/C9H14O.2CHNS/c1-7-4-8(10)6-9(2,3)5-7;2*2-1-3/h4H,5-6H2,1-3H3;2*2H. The van der Waals surface area contributed by atoms with Crippen molar-refractivity contribution in [3.05, 3.63) is 11.6 Å². The lowest BCUT2D eigenvalue weighted by Gasteiger charge is -2.27. The highest BCUT2D eigenvalue weighted by atomic mass is 32.1. The molecule has 0 heterocycles. The van der Waals surface area contributed by atoms with E-state index in [0.29, 0.717) is 6.42 Å². The highest BCUT2D eigenvalue weighted by Crippen LogP contribution is 2.32. The number of isothiocyanates is 2. The molecule has 0 amide bonds. The predicted octanol–water partition coefficient (Wildman–Crippen LogP) is 3.66. The second kappa shape index (κ2) is 9.25. The average molecular weight is 256 g/mol. The van der Waals surface area contributed by atoms with Crippen molar-refractivity contribution < 1.29 is 4.79 Å². The lowest BCUT2D eigenvalue weighted by Crippen LogP contribution is -2.20. The van der Waals surface area contributed by atoms with Gasteiger partial charge >= 0.3 is 0 Å². The Hall–Kier alpha value is -0.990. The van der Waals surface area contributed by atoms with E-state index < -0.39 is 0 Å². The van der Waals surface area contributed by atoms with Gasteiger partial charge in [-0.2, -0.15) is 0 Å². The summed E-state index contributed by atoms with van der Waals surface area (Å²) >= 11 is 7.62. The smallest absolute Gasteiger partial charge is 0.156 e. The third-order valence-corrected chi connectivity index (χ3v) is 1.82. The molecule has 0 bridgehead atoms. The minimum atomic E-state index is 0.204. The first-order valence-electron chi connectivity index (χ1n) is 4.60. The van der Waals surface area contributed by atoms with Crippen molar-refractivity contribution in [2.24, 2.45) is 5.41 Å². The lowest BCUT2D eigenvalue weighted by atomic mass is 9.77. The van der Waals surface area contributed by atoms with Crippen molar-refractivity contribution in [1.82, 2.24) is 0 Å². The third kappa shape index (κ3) is 11.1. The SMILES string of the molecule is CC1=CC(=O)CC(C)(C)C1.N=C=S.N=C=S. The summed E-state index contributed by atoms with van der Waals surface area (Å²) in [4.78, 5) is 11.0. The summed E-state index contributed by atoms with van der Waals surface area (Å²) < 4.78 is 0. The van der Waals surface area contributed by atoms with Crippen LogP contribution in [0.25, 0.3) is 0 Å². The monoisotopic (exact) mass is 256 g/mol. The molecule has 0 spiro atoms. The number of hydrogen-bond acceptors (Lipinski definition) is 5. The molecule has 0 unspecified atom stereocenters. The van der Waals surface area contributed by atoms with Gasteiger partial charge in [0.25, 0.3) is 0 Å². The molecule has 0 aromatic heterocycles. The Morgan fingerprint density at radius 3 is 1.88 bits per heavy atom. The van der Waals surface area contributed by atoms with Crippen LogP contribution in [0.5, 0.6) is 0 Å². The number of ketones is 1. The quantitative estimate of drug-likeness (QED) is 0.513. The zero-order valence-electron chi connectivity index (χ0n) is 9.72. The Morgan fingerprint density at radius 1 is 1.25 bits per heavy atom. The number of carbonyl (C=O) groups is 1. The molecule has 16 heavy (non-hydrogen) atoms. The molecule has 0 saturated heterocycles. The molecular formula is C11H16N2OS2. The predicted molar refractivity (Wildman–Crippen MR) is 72.4 cm³/mol. The number of hydrogen-bond donors (Lipinski definition) is 2. The van der Waals surface area contributed by atoms with Crippen molar-refractivity contribution in [2.75, 3.05) is 0 Å². The van der Waals surface area contributed by atoms with Gasteiger partial charge in [-0.3, -0.25) is 4.79 Å². The number of carbonyl (C=O) groups excluding carboxylic acids is 1. The summed E-state index contributed by atoms with van der Waals surface area (Å²) in [5.74, 6) is 0.286. The van der Waals surface area contributed by atoms with Crippen LogP contribution in [0.1, 0.15) is 33.6 Å². The van der Waals surface area contributed by atoms with E-state index in [1.807, 2.05) is 6.92 Å². The molecule has 0 aromatic rings. The van der Waals surface area contributed by atoms with Crippen LogP contribution in [-0.2, 0) is 4.79 Å². The molecule has 0 fully saturated rings. The number of rotatable bonds is 0. The fraction of sp³-hybridized carbons (Fsp3) is 0.545. The molecule has 1 aliphatic rings. The largest absolute Gasteiger partial charge is 0.295 e. The molecule has 0 atom stereocenters. The van der Waals surface area contributed by atoms with Crippen molar-refractivity contribution in [1.29, 1.82) is 10.8 Å². The van der Waals surface area contributed by atoms with Crippen LogP contribution in [0.2, 0.25) is 0 Å². The summed E-state index contributed by atoms with van der Waals surface area (Å²) in [6.45, 7) is 6.31. The third-order valence-electron chi connectivity index (χ3n) is 1.82. The topological polar surface area (TPSA) is 64.8 Å². The number of thiocarbonyl (C=S) groups is 2. The van der Waals surface area contributed by atoms with Crippen LogP contribution in [-0.4, -0.2) is 16.1 Å². The molecule has 1 aliphatic carbocycles. The highest BCUT2D eigenvalue weighted by Gasteiger charge is 2.25. The normalized spacial score (nSPS) is 16.2. The van der Waals surface area contributed by atoms with E-state index in [4.69, 9.17) is 10.8 Å². The number of nitrogens with one attached hydrogen (secondary N) is 2. The Balaban J connectivity index is 0. The zero-order valence-corrected chi connectivity index (χ0v) is 11.3. The highest BCUT2D eigenvalue weighted by molar-refractivity contribution is 7.78. The second-order valence-electron chi connectivity index (χ2n) is 4.18. The molecule has 0 saturated carbocycles. The summed E-state index contributed by atoms with van der Waals surface area (Å²) in [7, 11) is 0. The second-order valence-corrected chi connectivity index (χ2v) is 4.59. The van der Waals surface area contributed by atoms with E-state index in [1.54, 1.807) is 16.4 Å². The van der Waals surface area contributed by atoms with Crippen molar-refractivity contribution in [3.8, 4) is 0 Å².